The molecule has 0 radical (unpaired) electrons. The average Bonchev–Trinajstić information content (AvgIpc) is 3.03. The summed E-state index contributed by atoms with van der Waals surface area (Å²) in [6.45, 7) is 12.4. The van der Waals surface area contributed by atoms with Gasteiger partial charge in [0.05, 0.1) is 5.71 Å². The molecule has 3 aliphatic carbocycles. The Morgan fingerprint density at radius 1 is 1.00 bits per heavy atom. The molecule has 29 heavy (non-hydrogen) atoms. The van der Waals surface area contributed by atoms with Gasteiger partial charge in [-0.3, -0.25) is 0 Å². The summed E-state index contributed by atoms with van der Waals surface area (Å²) in [5.74, 6) is 4.80. The number of fused-ring (bicyclic) bond motifs is 3. The number of oxime groups is 1. The Morgan fingerprint density at radius 3 is 2.41 bits per heavy atom. The van der Waals surface area contributed by atoms with E-state index < -0.39 is 0 Å². The monoisotopic (exact) mass is 405 g/mol. The predicted octanol–water partition coefficient (Wildman–Crippen LogP) is 6.91. The summed E-state index contributed by atoms with van der Waals surface area (Å²) in [6, 6.07) is 0. The summed E-state index contributed by atoms with van der Waals surface area (Å²) in [5, 5.41) is 22.9. The molecule has 3 rings (SSSR count). The van der Waals surface area contributed by atoms with Crippen molar-refractivity contribution in [3.8, 4) is 0 Å². The van der Waals surface area contributed by atoms with E-state index in [2.05, 4.69) is 39.8 Å². The van der Waals surface area contributed by atoms with Crippen molar-refractivity contribution in [2.24, 2.45) is 51.5 Å². The van der Waals surface area contributed by atoms with Crippen molar-refractivity contribution < 1.29 is 10.3 Å². The third-order valence-electron chi connectivity index (χ3n) is 9.81. The van der Waals surface area contributed by atoms with E-state index in [0.29, 0.717) is 11.3 Å². The fourth-order valence-corrected chi connectivity index (χ4v) is 8.25. The van der Waals surface area contributed by atoms with Gasteiger partial charge in [0.1, 0.15) is 0 Å². The van der Waals surface area contributed by atoms with Gasteiger partial charge in [-0.15, -0.1) is 0 Å². The Bertz CT molecular complexity index is 573. The first-order valence-electron chi connectivity index (χ1n) is 12.6. The van der Waals surface area contributed by atoms with E-state index in [1.807, 2.05) is 0 Å². The second kappa shape index (κ2) is 9.28. The van der Waals surface area contributed by atoms with Gasteiger partial charge < -0.3 is 10.3 Å². The predicted molar refractivity (Wildman–Crippen MR) is 121 cm³/mol. The molecule has 2 N–H and O–H groups in total. The minimum Gasteiger partial charge on any atom is -0.411 e. The summed E-state index contributed by atoms with van der Waals surface area (Å²) in [7, 11) is 0. The van der Waals surface area contributed by atoms with Crippen molar-refractivity contribution in [3.63, 3.8) is 0 Å². The molecule has 168 valence electrons. The first-order chi connectivity index (χ1) is 13.8. The van der Waals surface area contributed by atoms with Gasteiger partial charge in [0.15, 0.2) is 0 Å². The summed E-state index contributed by atoms with van der Waals surface area (Å²) >= 11 is 0. The summed E-state index contributed by atoms with van der Waals surface area (Å²) in [5.41, 5.74) is 1.49. The second-order valence-corrected chi connectivity index (χ2v) is 11.7. The maximum atomic E-state index is 9.72. The fourth-order valence-electron chi connectivity index (χ4n) is 8.25. The average molecular weight is 406 g/mol. The molecule has 3 nitrogen and oxygen atoms in total. The molecule has 7 atom stereocenters. The Kier molecular flexibility index (Phi) is 7.40. The Hall–Kier alpha value is -0.570. The maximum Gasteiger partial charge on any atom is 0.0632 e. The van der Waals surface area contributed by atoms with Crippen LogP contribution in [-0.2, 0) is 0 Å². The lowest BCUT2D eigenvalue weighted by atomic mass is 9.47. The largest absolute Gasteiger partial charge is 0.411 e. The molecule has 1 unspecified atom stereocenters. The van der Waals surface area contributed by atoms with E-state index >= 15 is 0 Å². The van der Waals surface area contributed by atoms with Crippen LogP contribution in [0.2, 0.25) is 0 Å². The molecular weight excluding hydrogens is 358 g/mol. The van der Waals surface area contributed by atoms with E-state index in [-0.39, 0.29) is 12.0 Å². The van der Waals surface area contributed by atoms with Crippen LogP contribution in [0.3, 0.4) is 0 Å². The zero-order valence-electron chi connectivity index (χ0n) is 19.8. The van der Waals surface area contributed by atoms with Gasteiger partial charge in [-0.1, -0.05) is 59.0 Å². The lowest BCUT2D eigenvalue weighted by Crippen LogP contribution is -2.52. The quantitative estimate of drug-likeness (QED) is 0.340. The lowest BCUT2D eigenvalue weighted by Gasteiger charge is -2.57. The van der Waals surface area contributed by atoms with Crippen LogP contribution in [0.1, 0.15) is 105 Å². The van der Waals surface area contributed by atoms with Crippen molar-refractivity contribution in [3.05, 3.63) is 0 Å². The van der Waals surface area contributed by atoms with Gasteiger partial charge in [0, 0.05) is 12.0 Å². The molecule has 0 amide bonds. The molecule has 3 fully saturated rings. The zero-order valence-corrected chi connectivity index (χ0v) is 19.8. The highest BCUT2D eigenvalue weighted by Gasteiger charge is 2.59. The molecule has 0 heterocycles. The topological polar surface area (TPSA) is 52.8 Å². The number of aliphatic hydroxyl groups is 1. The molecule has 0 spiro atoms. The normalized spacial score (nSPS) is 42.1. The third-order valence-corrected chi connectivity index (χ3v) is 9.81. The second-order valence-electron chi connectivity index (χ2n) is 11.7. The Balaban J connectivity index is 1.75. The van der Waals surface area contributed by atoms with Crippen molar-refractivity contribution in [1.29, 1.82) is 0 Å². The molecule has 0 aromatic rings. The molecule has 0 aliphatic heterocycles. The Labute approximate surface area is 179 Å². The van der Waals surface area contributed by atoms with Crippen molar-refractivity contribution in [2.75, 3.05) is 6.61 Å². The summed E-state index contributed by atoms with van der Waals surface area (Å²) in [4.78, 5) is 0. The molecule has 0 saturated heterocycles. The van der Waals surface area contributed by atoms with Crippen molar-refractivity contribution in [1.82, 2.24) is 0 Å². The molecule has 3 aliphatic rings. The van der Waals surface area contributed by atoms with Crippen LogP contribution in [0.25, 0.3) is 0 Å². The smallest absolute Gasteiger partial charge is 0.0632 e. The third kappa shape index (κ3) is 4.27. The van der Waals surface area contributed by atoms with E-state index in [4.69, 9.17) is 0 Å². The highest BCUT2D eigenvalue weighted by molar-refractivity contribution is 5.90. The summed E-state index contributed by atoms with van der Waals surface area (Å²) in [6.07, 6.45) is 13.5. The first kappa shape index (κ1) is 23.1. The number of hydrogen-bond acceptors (Lipinski definition) is 3. The van der Waals surface area contributed by atoms with Crippen LogP contribution in [-0.4, -0.2) is 22.6 Å². The summed E-state index contributed by atoms with van der Waals surface area (Å²) < 4.78 is 0. The van der Waals surface area contributed by atoms with E-state index in [1.165, 1.54) is 51.4 Å². The molecule has 3 saturated carbocycles. The standard InChI is InChI=1S/C26H47NO2/c1-18(2)8-6-9-19(3)21-11-12-22-20-10-13-24(27-29)26(5,15-7-17-28)23(20)14-16-25(21,22)4/h18-23,28-29H,6-17H2,1-5H3/b27-24+/t19-,20+,21?,22+,23+,25-,26-/m1/s1. The van der Waals surface area contributed by atoms with Crippen LogP contribution in [0.5, 0.6) is 0 Å². The van der Waals surface area contributed by atoms with Gasteiger partial charge >= 0.3 is 0 Å². The molecule has 0 bridgehead atoms. The number of aliphatic hydroxyl groups excluding tert-OH is 1. The van der Waals surface area contributed by atoms with Gasteiger partial charge in [0.25, 0.3) is 0 Å². The molecule has 0 aromatic heterocycles. The van der Waals surface area contributed by atoms with Gasteiger partial charge in [0.2, 0.25) is 0 Å². The Morgan fingerprint density at radius 2 is 1.76 bits per heavy atom. The van der Waals surface area contributed by atoms with Crippen LogP contribution in [0.15, 0.2) is 5.16 Å². The number of rotatable bonds is 8. The zero-order chi connectivity index (χ0) is 21.2. The van der Waals surface area contributed by atoms with E-state index in [9.17, 15) is 10.3 Å². The van der Waals surface area contributed by atoms with E-state index in [1.54, 1.807) is 0 Å². The maximum absolute atomic E-state index is 9.72. The van der Waals surface area contributed by atoms with Gasteiger partial charge in [-0.2, -0.15) is 0 Å². The minimum atomic E-state index is -0.0251. The lowest BCUT2D eigenvalue weighted by molar-refractivity contribution is -0.0458. The first-order valence-corrected chi connectivity index (χ1v) is 12.6. The van der Waals surface area contributed by atoms with Gasteiger partial charge in [-0.05, 0) is 92.3 Å². The van der Waals surface area contributed by atoms with Gasteiger partial charge in [-0.25, -0.2) is 0 Å². The SMILES string of the molecule is CC(C)CCC[C@@H](C)C1CC[C@H]2[C@@H]3CC/C(=N\O)[C@](C)(CCCO)[C@H]3CC[C@]12C. The highest BCUT2D eigenvalue weighted by atomic mass is 16.4. The highest BCUT2D eigenvalue weighted by Crippen LogP contribution is 2.66. The molecule has 3 heteroatoms. The molecular formula is C26H47NO2. The number of hydrogen-bond donors (Lipinski definition) is 2. The van der Waals surface area contributed by atoms with Crippen molar-refractivity contribution in [2.45, 2.75) is 105 Å². The van der Waals surface area contributed by atoms with Crippen LogP contribution >= 0.6 is 0 Å². The van der Waals surface area contributed by atoms with Crippen LogP contribution in [0, 0.1) is 46.3 Å². The van der Waals surface area contributed by atoms with E-state index in [0.717, 1.165) is 54.6 Å². The minimum absolute atomic E-state index is 0.0251. The van der Waals surface area contributed by atoms with Crippen molar-refractivity contribution >= 4 is 5.71 Å². The number of nitrogens with zero attached hydrogens (tertiary/aromatic N) is 1. The van der Waals surface area contributed by atoms with Crippen LogP contribution in [0.4, 0.5) is 0 Å². The fraction of sp³-hybridized carbons (Fsp3) is 0.962. The molecule has 0 aromatic carbocycles. The van der Waals surface area contributed by atoms with Crippen LogP contribution < -0.4 is 0 Å².